The van der Waals surface area contributed by atoms with Gasteiger partial charge >= 0.3 is 0 Å². The molecule has 6 nitrogen and oxygen atoms in total. The van der Waals surface area contributed by atoms with Crippen molar-refractivity contribution >= 4 is 45.0 Å². The predicted molar refractivity (Wildman–Crippen MR) is 98.1 cm³/mol. The fraction of sp³-hybridized carbons (Fsp3) is 0.167. The van der Waals surface area contributed by atoms with Crippen LogP contribution in [0.1, 0.15) is 23.8 Å². The van der Waals surface area contributed by atoms with E-state index >= 15 is 0 Å². The van der Waals surface area contributed by atoms with Gasteiger partial charge in [0, 0.05) is 16.7 Å². The number of amides is 1. The second-order valence-electron chi connectivity index (χ2n) is 6.21. The number of rotatable bonds is 3. The lowest BCUT2D eigenvalue weighted by atomic mass is 10.2. The first-order valence-electron chi connectivity index (χ1n) is 8.25. The number of fused-ring (bicyclic) bond motifs is 3. The summed E-state index contributed by atoms with van der Waals surface area (Å²) in [6.45, 7) is 0. The van der Waals surface area contributed by atoms with Gasteiger partial charge in [0.05, 0.1) is 16.9 Å². The topological polar surface area (TPSA) is 73.9 Å². The van der Waals surface area contributed by atoms with E-state index in [1.807, 2.05) is 17.5 Å². The molecule has 4 heterocycles. The number of benzene rings is 1. The lowest BCUT2D eigenvalue weighted by molar-refractivity contribution is -0.127. The maximum Gasteiger partial charge on any atom is 0.241 e. The Morgan fingerprint density at radius 3 is 3.08 bits per heavy atom. The van der Waals surface area contributed by atoms with E-state index in [0.717, 1.165) is 22.1 Å². The number of anilines is 1. The number of nitrogens with one attached hydrogen (secondary N) is 2. The molecule has 0 saturated carbocycles. The number of carbonyl (C=O) groups excluding carboxylic acids is 1. The highest BCUT2D eigenvalue weighted by Gasteiger charge is 2.33. The van der Waals surface area contributed by atoms with Crippen molar-refractivity contribution in [1.82, 2.24) is 20.0 Å². The molecule has 2 N–H and O–H groups in total. The molecule has 0 radical (unpaired) electrons. The first-order chi connectivity index (χ1) is 12.7. The number of hydrogen-bond donors (Lipinski definition) is 2. The summed E-state index contributed by atoms with van der Waals surface area (Å²) in [6, 6.07) is 8.53. The number of hydrazine groups is 1. The van der Waals surface area contributed by atoms with Crippen LogP contribution in [0.2, 0.25) is 0 Å². The maximum atomic E-state index is 13.5. The summed E-state index contributed by atoms with van der Waals surface area (Å²) >= 11 is 1.63. The Bertz CT molecular complexity index is 1120. The zero-order valence-corrected chi connectivity index (χ0v) is 14.4. The van der Waals surface area contributed by atoms with Crippen LogP contribution in [0.4, 0.5) is 10.2 Å². The zero-order chi connectivity index (χ0) is 17.7. The number of carbonyl (C=O) groups is 1. The monoisotopic (exact) mass is 367 g/mol. The van der Waals surface area contributed by atoms with Crippen LogP contribution < -0.4 is 5.43 Å². The third-order valence-corrected chi connectivity index (χ3v) is 5.63. The van der Waals surface area contributed by atoms with E-state index in [0.29, 0.717) is 23.4 Å². The van der Waals surface area contributed by atoms with Crippen molar-refractivity contribution in [2.24, 2.45) is 0 Å². The molecular weight excluding hydrogens is 353 g/mol. The van der Waals surface area contributed by atoms with E-state index in [9.17, 15) is 9.18 Å². The van der Waals surface area contributed by atoms with Crippen LogP contribution in [0.5, 0.6) is 0 Å². The third kappa shape index (κ3) is 2.33. The zero-order valence-electron chi connectivity index (χ0n) is 13.6. The number of nitrogens with zero attached hydrogens (tertiary/aromatic N) is 3. The highest BCUT2D eigenvalue weighted by atomic mass is 32.1. The SMILES string of the molecule is O=C1CCC(c2cccs2)N1Nc1ncnc2[nH]c3cc(F)ccc3c12. The van der Waals surface area contributed by atoms with E-state index in [-0.39, 0.29) is 17.8 Å². The summed E-state index contributed by atoms with van der Waals surface area (Å²) in [7, 11) is 0. The molecule has 0 spiro atoms. The summed E-state index contributed by atoms with van der Waals surface area (Å²) in [4.78, 5) is 25.2. The maximum absolute atomic E-state index is 13.5. The van der Waals surface area contributed by atoms with E-state index in [2.05, 4.69) is 20.4 Å². The van der Waals surface area contributed by atoms with Gasteiger partial charge in [0.2, 0.25) is 5.91 Å². The Kier molecular flexibility index (Phi) is 3.39. The van der Waals surface area contributed by atoms with Crippen molar-refractivity contribution in [3.05, 3.63) is 52.7 Å². The van der Waals surface area contributed by atoms with Gasteiger partial charge in [-0.15, -0.1) is 11.3 Å². The lowest BCUT2D eigenvalue weighted by Crippen LogP contribution is -2.33. The Labute approximate surface area is 151 Å². The summed E-state index contributed by atoms with van der Waals surface area (Å²) in [6.07, 6.45) is 2.68. The highest BCUT2D eigenvalue weighted by Crippen LogP contribution is 2.37. The van der Waals surface area contributed by atoms with Gasteiger partial charge in [-0.1, -0.05) is 6.07 Å². The quantitative estimate of drug-likeness (QED) is 0.574. The molecule has 4 aromatic rings. The average Bonchev–Trinajstić information content (AvgIpc) is 3.34. The van der Waals surface area contributed by atoms with Crippen molar-refractivity contribution in [3.8, 4) is 0 Å². The number of thiophene rings is 1. The molecule has 0 aliphatic carbocycles. The molecule has 5 rings (SSSR count). The largest absolute Gasteiger partial charge is 0.339 e. The van der Waals surface area contributed by atoms with Crippen LogP contribution in [0.15, 0.2) is 42.0 Å². The molecule has 1 atom stereocenters. The molecule has 1 saturated heterocycles. The van der Waals surface area contributed by atoms with Crippen molar-refractivity contribution in [2.75, 3.05) is 5.43 Å². The van der Waals surface area contributed by atoms with Crippen LogP contribution in [0.25, 0.3) is 21.9 Å². The fourth-order valence-electron chi connectivity index (χ4n) is 3.47. The van der Waals surface area contributed by atoms with Crippen molar-refractivity contribution in [2.45, 2.75) is 18.9 Å². The molecule has 1 aliphatic rings. The normalized spacial score (nSPS) is 17.5. The molecule has 0 bridgehead atoms. The van der Waals surface area contributed by atoms with E-state index < -0.39 is 0 Å². The van der Waals surface area contributed by atoms with Crippen molar-refractivity contribution in [3.63, 3.8) is 0 Å². The Hall–Kier alpha value is -3.00. The molecule has 1 unspecified atom stereocenters. The van der Waals surface area contributed by atoms with Crippen LogP contribution in [0, 0.1) is 5.82 Å². The lowest BCUT2D eigenvalue weighted by Gasteiger charge is -2.25. The number of H-pyrrole nitrogens is 1. The van der Waals surface area contributed by atoms with Crippen LogP contribution in [0.3, 0.4) is 0 Å². The summed E-state index contributed by atoms with van der Waals surface area (Å²) < 4.78 is 13.5. The van der Waals surface area contributed by atoms with Crippen molar-refractivity contribution in [1.29, 1.82) is 0 Å². The van der Waals surface area contributed by atoms with Gasteiger partial charge in [0.25, 0.3) is 0 Å². The minimum absolute atomic E-state index is 0.0184. The van der Waals surface area contributed by atoms with Gasteiger partial charge in [0.1, 0.15) is 17.8 Å². The van der Waals surface area contributed by atoms with Gasteiger partial charge in [-0.2, -0.15) is 0 Å². The minimum atomic E-state index is -0.320. The smallest absolute Gasteiger partial charge is 0.241 e. The summed E-state index contributed by atoms with van der Waals surface area (Å²) in [5.74, 6) is 0.240. The number of aromatic amines is 1. The summed E-state index contributed by atoms with van der Waals surface area (Å²) in [5, 5.41) is 5.21. The highest BCUT2D eigenvalue weighted by molar-refractivity contribution is 7.10. The van der Waals surface area contributed by atoms with Gasteiger partial charge in [-0.25, -0.2) is 19.4 Å². The number of aromatic nitrogens is 3. The standard InChI is InChI=1S/C18H14FN5OS/c19-10-3-4-11-12(8-10)22-17-16(11)18(21-9-20-17)23-24-13(5-6-15(24)25)14-2-1-7-26-14/h1-4,7-9,13H,5-6H2,(H2,20,21,22,23). The molecule has 130 valence electrons. The number of hydrogen-bond acceptors (Lipinski definition) is 5. The van der Waals surface area contributed by atoms with Gasteiger partial charge in [-0.3, -0.25) is 10.2 Å². The van der Waals surface area contributed by atoms with Gasteiger partial charge < -0.3 is 4.98 Å². The van der Waals surface area contributed by atoms with E-state index in [1.165, 1.54) is 18.5 Å². The minimum Gasteiger partial charge on any atom is -0.339 e. The number of halogens is 1. The molecule has 1 amide bonds. The molecule has 8 heteroatoms. The second-order valence-corrected chi connectivity index (χ2v) is 7.19. The average molecular weight is 367 g/mol. The third-order valence-electron chi connectivity index (χ3n) is 4.66. The summed E-state index contributed by atoms with van der Waals surface area (Å²) in [5.41, 5.74) is 4.43. The first-order valence-corrected chi connectivity index (χ1v) is 9.13. The van der Waals surface area contributed by atoms with Crippen LogP contribution in [-0.2, 0) is 4.79 Å². The molecule has 3 aromatic heterocycles. The second kappa shape index (κ2) is 5.77. The predicted octanol–water partition coefficient (Wildman–Crippen LogP) is 4.00. The molecule has 1 aromatic carbocycles. The van der Waals surface area contributed by atoms with Crippen LogP contribution in [-0.4, -0.2) is 25.9 Å². The molecular formula is C18H14FN5OS. The van der Waals surface area contributed by atoms with E-state index in [4.69, 9.17) is 0 Å². The Balaban J connectivity index is 1.60. The van der Waals surface area contributed by atoms with Crippen molar-refractivity contribution < 1.29 is 9.18 Å². The Morgan fingerprint density at radius 2 is 2.23 bits per heavy atom. The molecule has 1 fully saturated rings. The Morgan fingerprint density at radius 1 is 1.31 bits per heavy atom. The van der Waals surface area contributed by atoms with Gasteiger partial charge in [0.15, 0.2) is 5.82 Å². The van der Waals surface area contributed by atoms with Crippen LogP contribution >= 0.6 is 11.3 Å². The first kappa shape index (κ1) is 15.3. The van der Waals surface area contributed by atoms with E-state index in [1.54, 1.807) is 22.4 Å². The molecule has 1 aliphatic heterocycles. The van der Waals surface area contributed by atoms with Gasteiger partial charge in [-0.05, 0) is 36.1 Å². The molecule has 26 heavy (non-hydrogen) atoms. The fourth-order valence-corrected chi connectivity index (χ4v) is 4.33.